The van der Waals surface area contributed by atoms with Crippen molar-refractivity contribution in [3.63, 3.8) is 0 Å². The highest BCUT2D eigenvalue weighted by molar-refractivity contribution is 5.01. The molecule has 104 valence electrons. The molecule has 1 aromatic rings. The van der Waals surface area contributed by atoms with Crippen molar-refractivity contribution < 1.29 is 0 Å². The van der Waals surface area contributed by atoms with E-state index in [9.17, 15) is 0 Å². The van der Waals surface area contributed by atoms with Gasteiger partial charge in [-0.1, -0.05) is 0 Å². The zero-order valence-corrected chi connectivity index (χ0v) is 11.8. The third-order valence-electron chi connectivity index (χ3n) is 4.20. The first-order valence-corrected chi connectivity index (χ1v) is 7.54. The van der Waals surface area contributed by atoms with Crippen LogP contribution in [0.3, 0.4) is 0 Å². The lowest BCUT2D eigenvalue weighted by molar-refractivity contribution is 0.188. The first kappa shape index (κ1) is 13.0. The van der Waals surface area contributed by atoms with Gasteiger partial charge >= 0.3 is 0 Å². The summed E-state index contributed by atoms with van der Waals surface area (Å²) in [5.41, 5.74) is 1.15. The van der Waals surface area contributed by atoms with E-state index in [4.69, 9.17) is 0 Å². The minimum atomic E-state index is 0.740. The lowest BCUT2D eigenvalue weighted by Gasteiger charge is -2.32. The van der Waals surface area contributed by atoms with Gasteiger partial charge in [0.15, 0.2) is 0 Å². The number of likely N-dealkylation sites (tertiary alicyclic amines) is 1. The molecule has 2 aliphatic rings. The van der Waals surface area contributed by atoms with Crippen molar-refractivity contribution >= 4 is 0 Å². The highest BCUT2D eigenvalue weighted by Crippen LogP contribution is 2.28. The molecule has 0 atom stereocenters. The van der Waals surface area contributed by atoms with Crippen LogP contribution in [-0.4, -0.2) is 40.5 Å². The Morgan fingerprint density at radius 2 is 2.05 bits per heavy atom. The second-order valence-electron chi connectivity index (χ2n) is 6.00. The largest absolute Gasteiger partial charge is 0.314 e. The third kappa shape index (κ3) is 3.98. The number of piperidine rings is 1. The Bertz CT molecular complexity index is 408. The van der Waals surface area contributed by atoms with E-state index in [0.717, 1.165) is 30.0 Å². The summed E-state index contributed by atoms with van der Waals surface area (Å²) in [7, 11) is 0. The molecule has 0 aromatic carbocycles. The molecule has 0 unspecified atom stereocenters. The molecule has 19 heavy (non-hydrogen) atoms. The van der Waals surface area contributed by atoms with Crippen molar-refractivity contribution in [3.05, 3.63) is 23.8 Å². The van der Waals surface area contributed by atoms with E-state index in [-0.39, 0.29) is 0 Å². The summed E-state index contributed by atoms with van der Waals surface area (Å²) in [6, 6.07) is 2.77. The van der Waals surface area contributed by atoms with Gasteiger partial charge in [-0.15, -0.1) is 0 Å². The van der Waals surface area contributed by atoms with Gasteiger partial charge in [-0.2, -0.15) is 0 Å². The van der Waals surface area contributed by atoms with Gasteiger partial charge in [0.05, 0.1) is 5.69 Å². The molecule has 3 rings (SSSR count). The topological polar surface area (TPSA) is 41.1 Å². The zero-order valence-electron chi connectivity index (χ0n) is 11.8. The maximum absolute atomic E-state index is 4.49. The van der Waals surface area contributed by atoms with Gasteiger partial charge in [0, 0.05) is 31.9 Å². The number of nitrogens with zero attached hydrogens (tertiary/aromatic N) is 3. The maximum Gasteiger partial charge on any atom is 0.125 e. The Morgan fingerprint density at radius 3 is 2.74 bits per heavy atom. The number of hydrogen-bond donors (Lipinski definition) is 1. The number of aryl methyl sites for hydroxylation is 1. The third-order valence-corrected chi connectivity index (χ3v) is 4.20. The van der Waals surface area contributed by atoms with Crippen molar-refractivity contribution in [1.29, 1.82) is 0 Å². The van der Waals surface area contributed by atoms with Crippen molar-refractivity contribution in [3.8, 4) is 0 Å². The van der Waals surface area contributed by atoms with Crippen molar-refractivity contribution in [1.82, 2.24) is 20.2 Å². The van der Waals surface area contributed by atoms with Crippen LogP contribution in [0.1, 0.15) is 37.2 Å². The van der Waals surface area contributed by atoms with Crippen LogP contribution in [-0.2, 0) is 6.54 Å². The van der Waals surface area contributed by atoms with E-state index in [0.29, 0.717) is 0 Å². The fourth-order valence-electron chi connectivity index (χ4n) is 2.77. The van der Waals surface area contributed by atoms with Crippen molar-refractivity contribution in [2.45, 2.75) is 45.2 Å². The van der Waals surface area contributed by atoms with E-state index in [1.807, 2.05) is 19.2 Å². The minimum absolute atomic E-state index is 0.740. The van der Waals surface area contributed by atoms with Gasteiger partial charge in [-0.3, -0.25) is 4.90 Å². The molecule has 1 saturated carbocycles. The highest BCUT2D eigenvalue weighted by Gasteiger charge is 2.24. The summed E-state index contributed by atoms with van der Waals surface area (Å²) in [5, 5.41) is 3.72. The minimum Gasteiger partial charge on any atom is -0.314 e. The van der Waals surface area contributed by atoms with E-state index in [1.54, 1.807) is 0 Å². The molecule has 0 radical (unpaired) electrons. The van der Waals surface area contributed by atoms with Crippen LogP contribution >= 0.6 is 0 Å². The lowest BCUT2D eigenvalue weighted by Crippen LogP contribution is -2.42. The van der Waals surface area contributed by atoms with Crippen molar-refractivity contribution in [2.24, 2.45) is 5.92 Å². The van der Waals surface area contributed by atoms with Gasteiger partial charge in [-0.25, -0.2) is 9.97 Å². The van der Waals surface area contributed by atoms with Crippen LogP contribution in [0.5, 0.6) is 0 Å². The monoisotopic (exact) mass is 260 g/mol. The van der Waals surface area contributed by atoms with E-state index >= 15 is 0 Å². The Hall–Kier alpha value is -1.00. The number of nitrogens with one attached hydrogen (secondary N) is 1. The van der Waals surface area contributed by atoms with Crippen LogP contribution in [0.2, 0.25) is 0 Å². The molecule has 0 amide bonds. The average Bonchev–Trinajstić information content (AvgIpc) is 3.22. The lowest BCUT2D eigenvalue weighted by atomic mass is 10.0. The SMILES string of the molecule is Cc1nccc(CN2CCC(NCC3CC3)CC2)n1. The second kappa shape index (κ2) is 5.97. The van der Waals surface area contributed by atoms with Crippen LogP contribution in [0, 0.1) is 12.8 Å². The maximum atomic E-state index is 4.49. The molecular formula is C15H24N4. The standard InChI is InChI=1S/C15H24N4/c1-12-16-7-4-15(18-12)11-19-8-5-14(6-9-19)17-10-13-2-3-13/h4,7,13-14,17H,2-3,5-6,8-11H2,1H3. The molecule has 2 fully saturated rings. The first-order valence-electron chi connectivity index (χ1n) is 7.54. The molecule has 1 aliphatic carbocycles. The predicted octanol–water partition coefficient (Wildman–Crippen LogP) is 1.75. The summed E-state index contributed by atoms with van der Waals surface area (Å²) in [6.07, 6.45) is 7.30. The summed E-state index contributed by atoms with van der Waals surface area (Å²) < 4.78 is 0. The zero-order chi connectivity index (χ0) is 13.1. The molecule has 4 nitrogen and oxygen atoms in total. The van der Waals surface area contributed by atoms with Gasteiger partial charge in [0.1, 0.15) is 5.82 Å². The molecule has 1 saturated heterocycles. The quantitative estimate of drug-likeness (QED) is 0.875. The normalized spacial score (nSPS) is 21.7. The fraction of sp³-hybridized carbons (Fsp3) is 0.733. The van der Waals surface area contributed by atoms with Gasteiger partial charge in [-0.05, 0) is 51.1 Å². The van der Waals surface area contributed by atoms with Crippen LogP contribution < -0.4 is 5.32 Å². The molecule has 1 aliphatic heterocycles. The highest BCUT2D eigenvalue weighted by atomic mass is 15.1. The molecular weight excluding hydrogens is 236 g/mol. The Morgan fingerprint density at radius 1 is 1.26 bits per heavy atom. The number of rotatable bonds is 5. The van der Waals surface area contributed by atoms with E-state index in [1.165, 1.54) is 45.3 Å². The van der Waals surface area contributed by atoms with Crippen LogP contribution in [0.25, 0.3) is 0 Å². The smallest absolute Gasteiger partial charge is 0.125 e. The fourth-order valence-corrected chi connectivity index (χ4v) is 2.77. The summed E-state index contributed by atoms with van der Waals surface area (Å²) in [5.74, 6) is 1.86. The van der Waals surface area contributed by atoms with Gasteiger partial charge in [0.2, 0.25) is 0 Å². The predicted molar refractivity (Wildman–Crippen MR) is 75.8 cm³/mol. The molecule has 1 N–H and O–H groups in total. The molecule has 2 heterocycles. The second-order valence-corrected chi connectivity index (χ2v) is 6.00. The summed E-state index contributed by atoms with van der Waals surface area (Å²) in [6.45, 7) is 6.54. The molecule has 1 aromatic heterocycles. The van der Waals surface area contributed by atoms with Gasteiger partial charge in [0.25, 0.3) is 0 Å². The number of hydrogen-bond acceptors (Lipinski definition) is 4. The average molecular weight is 260 g/mol. The van der Waals surface area contributed by atoms with E-state index in [2.05, 4.69) is 20.2 Å². The van der Waals surface area contributed by atoms with Crippen LogP contribution in [0.15, 0.2) is 12.3 Å². The molecule has 0 spiro atoms. The van der Waals surface area contributed by atoms with Gasteiger partial charge < -0.3 is 5.32 Å². The summed E-state index contributed by atoms with van der Waals surface area (Å²) in [4.78, 5) is 11.1. The molecule has 4 heteroatoms. The van der Waals surface area contributed by atoms with Crippen LogP contribution in [0.4, 0.5) is 0 Å². The Labute approximate surface area is 115 Å². The van der Waals surface area contributed by atoms with Crippen molar-refractivity contribution in [2.75, 3.05) is 19.6 Å². The Kier molecular flexibility index (Phi) is 4.09. The van der Waals surface area contributed by atoms with E-state index < -0.39 is 0 Å². The summed E-state index contributed by atoms with van der Waals surface area (Å²) >= 11 is 0. The molecule has 0 bridgehead atoms. The number of aromatic nitrogens is 2. The Balaban J connectivity index is 1.42. The first-order chi connectivity index (χ1) is 9.29.